The van der Waals surface area contributed by atoms with Crippen molar-refractivity contribution in [2.24, 2.45) is 0 Å². The van der Waals surface area contributed by atoms with Crippen molar-refractivity contribution in [3.63, 3.8) is 0 Å². The third-order valence-electron chi connectivity index (χ3n) is 4.84. The van der Waals surface area contributed by atoms with Crippen LogP contribution in [0.1, 0.15) is 27.2 Å². The number of cyclic esters (lactones) is 2. The Morgan fingerprint density at radius 2 is 1.52 bits per heavy atom. The summed E-state index contributed by atoms with van der Waals surface area (Å²) in [7, 11) is -2.74. The standard InChI is InChI=1S/C21H25IO4Si/c1-21(2,3)27(17-10-6-4-7-11-17,18-12-8-5-9-13-18)26-19-14-16(15-22)24-20(23)25-19/h4-13,16,19H,14-15H2,1-3H3/t16-,19+/m1/s1. The zero-order valence-corrected chi connectivity index (χ0v) is 19.0. The van der Waals surface area contributed by atoms with Gasteiger partial charge in [0.15, 0.2) is 0 Å². The van der Waals surface area contributed by atoms with Crippen LogP contribution in [-0.4, -0.2) is 31.3 Å². The molecule has 27 heavy (non-hydrogen) atoms. The fourth-order valence-corrected chi connectivity index (χ4v) is 8.73. The van der Waals surface area contributed by atoms with E-state index in [0.29, 0.717) is 10.8 Å². The summed E-state index contributed by atoms with van der Waals surface area (Å²) in [5.41, 5.74) is 0. The van der Waals surface area contributed by atoms with E-state index in [1.807, 2.05) is 36.4 Å². The van der Waals surface area contributed by atoms with Crippen LogP contribution in [0.25, 0.3) is 0 Å². The molecule has 0 bridgehead atoms. The van der Waals surface area contributed by atoms with Crippen molar-refractivity contribution in [3.05, 3.63) is 60.7 Å². The van der Waals surface area contributed by atoms with Crippen molar-refractivity contribution in [3.8, 4) is 0 Å². The molecule has 0 aromatic heterocycles. The Morgan fingerprint density at radius 3 is 1.96 bits per heavy atom. The number of alkyl halides is 1. The quantitative estimate of drug-likeness (QED) is 0.269. The second-order valence-electron chi connectivity index (χ2n) is 7.71. The fourth-order valence-electron chi connectivity index (χ4n) is 3.64. The summed E-state index contributed by atoms with van der Waals surface area (Å²) in [6, 6.07) is 20.7. The van der Waals surface area contributed by atoms with E-state index in [1.54, 1.807) is 0 Å². The predicted molar refractivity (Wildman–Crippen MR) is 117 cm³/mol. The van der Waals surface area contributed by atoms with Gasteiger partial charge in [0, 0.05) is 10.8 Å². The lowest BCUT2D eigenvalue weighted by Gasteiger charge is -2.45. The molecule has 144 valence electrons. The number of hydrogen-bond acceptors (Lipinski definition) is 4. The van der Waals surface area contributed by atoms with Crippen LogP contribution in [0.4, 0.5) is 4.79 Å². The molecule has 1 heterocycles. The highest BCUT2D eigenvalue weighted by Gasteiger charge is 2.52. The van der Waals surface area contributed by atoms with Gasteiger partial charge in [-0.15, -0.1) is 0 Å². The molecule has 0 radical (unpaired) electrons. The van der Waals surface area contributed by atoms with Gasteiger partial charge in [0.2, 0.25) is 6.29 Å². The lowest BCUT2D eigenvalue weighted by molar-refractivity contribution is -0.130. The van der Waals surface area contributed by atoms with Crippen molar-refractivity contribution in [1.82, 2.24) is 0 Å². The molecule has 1 aliphatic heterocycles. The Morgan fingerprint density at radius 1 is 1.00 bits per heavy atom. The Labute approximate surface area is 175 Å². The molecule has 0 amide bonds. The predicted octanol–water partition coefficient (Wildman–Crippen LogP) is 4.25. The molecule has 2 aromatic rings. The van der Waals surface area contributed by atoms with Crippen molar-refractivity contribution in [2.75, 3.05) is 4.43 Å². The minimum atomic E-state index is -2.74. The van der Waals surface area contributed by atoms with Crippen LogP contribution >= 0.6 is 22.6 Å². The maximum Gasteiger partial charge on any atom is 0.510 e. The maximum absolute atomic E-state index is 11.9. The monoisotopic (exact) mass is 496 g/mol. The molecule has 4 nitrogen and oxygen atoms in total. The first kappa shape index (κ1) is 20.4. The van der Waals surface area contributed by atoms with Crippen LogP contribution < -0.4 is 10.4 Å². The van der Waals surface area contributed by atoms with Crippen LogP contribution in [0, 0.1) is 0 Å². The number of carbonyl (C=O) groups is 1. The van der Waals surface area contributed by atoms with Gasteiger partial charge in [0.25, 0.3) is 8.32 Å². The van der Waals surface area contributed by atoms with Gasteiger partial charge in [-0.1, -0.05) is 104 Å². The fraction of sp³-hybridized carbons (Fsp3) is 0.381. The zero-order chi connectivity index (χ0) is 19.5. The van der Waals surface area contributed by atoms with Gasteiger partial charge in [0.1, 0.15) is 6.10 Å². The zero-order valence-electron chi connectivity index (χ0n) is 15.9. The van der Waals surface area contributed by atoms with E-state index in [9.17, 15) is 4.79 Å². The number of ether oxygens (including phenoxy) is 2. The summed E-state index contributed by atoms with van der Waals surface area (Å²) in [6.07, 6.45) is -0.905. The minimum Gasteiger partial charge on any atom is -0.430 e. The largest absolute Gasteiger partial charge is 0.510 e. The molecule has 6 heteroatoms. The highest BCUT2D eigenvalue weighted by atomic mass is 127. The van der Waals surface area contributed by atoms with Crippen molar-refractivity contribution >= 4 is 47.4 Å². The van der Waals surface area contributed by atoms with Crippen LogP contribution in [0.15, 0.2) is 60.7 Å². The van der Waals surface area contributed by atoms with Gasteiger partial charge in [-0.25, -0.2) is 4.79 Å². The van der Waals surface area contributed by atoms with E-state index in [4.69, 9.17) is 13.9 Å². The molecule has 1 aliphatic rings. The molecule has 0 spiro atoms. The summed E-state index contributed by atoms with van der Waals surface area (Å²) in [6.45, 7) is 6.61. The van der Waals surface area contributed by atoms with E-state index < -0.39 is 20.8 Å². The highest BCUT2D eigenvalue weighted by Crippen LogP contribution is 2.38. The van der Waals surface area contributed by atoms with Gasteiger partial charge >= 0.3 is 6.16 Å². The molecule has 2 atom stereocenters. The smallest absolute Gasteiger partial charge is 0.430 e. The van der Waals surface area contributed by atoms with E-state index in [0.717, 1.165) is 10.4 Å². The van der Waals surface area contributed by atoms with E-state index >= 15 is 0 Å². The Kier molecular flexibility index (Phi) is 6.27. The maximum atomic E-state index is 11.9. The lowest BCUT2D eigenvalue weighted by Crippen LogP contribution is -2.68. The van der Waals surface area contributed by atoms with E-state index in [-0.39, 0.29) is 11.1 Å². The summed E-state index contributed by atoms with van der Waals surface area (Å²) >= 11 is 2.23. The number of halogens is 1. The average Bonchev–Trinajstić information content (AvgIpc) is 2.66. The topological polar surface area (TPSA) is 44.8 Å². The third-order valence-corrected chi connectivity index (χ3v) is 10.8. The number of carbonyl (C=O) groups excluding carboxylic acids is 1. The summed E-state index contributed by atoms with van der Waals surface area (Å²) in [4.78, 5) is 11.9. The summed E-state index contributed by atoms with van der Waals surface area (Å²) in [5.74, 6) is 0. The highest BCUT2D eigenvalue weighted by molar-refractivity contribution is 14.1. The molecule has 0 N–H and O–H groups in total. The molecule has 2 aromatic carbocycles. The summed E-state index contributed by atoms with van der Waals surface area (Å²) < 4.78 is 18.3. The van der Waals surface area contributed by atoms with E-state index in [1.165, 1.54) is 0 Å². The van der Waals surface area contributed by atoms with Gasteiger partial charge in [-0.05, 0) is 15.4 Å². The number of rotatable bonds is 5. The summed E-state index contributed by atoms with van der Waals surface area (Å²) in [5, 5.41) is 2.16. The minimum absolute atomic E-state index is 0.166. The normalized spacial score (nSPS) is 20.7. The molecule has 0 aliphatic carbocycles. The third kappa shape index (κ3) is 4.22. The molecule has 1 fully saturated rings. The molecule has 1 saturated heterocycles. The molecule has 0 saturated carbocycles. The number of hydrogen-bond donors (Lipinski definition) is 0. The lowest BCUT2D eigenvalue weighted by atomic mass is 10.2. The SMILES string of the molecule is CC(C)(C)[Si](O[C@H]1C[C@H](CI)OC(=O)O1)(c1ccccc1)c1ccccc1. The Hall–Kier alpha value is -1.38. The first-order chi connectivity index (χ1) is 12.9. The molecular formula is C21H25IO4Si. The van der Waals surface area contributed by atoms with Gasteiger partial charge < -0.3 is 13.9 Å². The van der Waals surface area contributed by atoms with Crippen LogP contribution in [0.5, 0.6) is 0 Å². The number of benzene rings is 2. The first-order valence-corrected chi connectivity index (χ1v) is 12.5. The van der Waals surface area contributed by atoms with Crippen LogP contribution in [0.2, 0.25) is 5.04 Å². The molecule has 3 rings (SSSR count). The van der Waals surface area contributed by atoms with Crippen molar-refractivity contribution in [2.45, 2.75) is 44.6 Å². The van der Waals surface area contributed by atoms with Crippen LogP contribution in [-0.2, 0) is 13.9 Å². The van der Waals surface area contributed by atoms with Crippen molar-refractivity contribution in [1.29, 1.82) is 0 Å². The molecule has 0 unspecified atom stereocenters. The Balaban J connectivity index is 2.11. The van der Waals surface area contributed by atoms with Gasteiger partial charge in [-0.2, -0.15) is 0 Å². The van der Waals surface area contributed by atoms with E-state index in [2.05, 4.69) is 67.6 Å². The first-order valence-electron chi connectivity index (χ1n) is 9.09. The van der Waals surface area contributed by atoms with Crippen LogP contribution in [0.3, 0.4) is 0 Å². The van der Waals surface area contributed by atoms with Gasteiger partial charge in [0.05, 0.1) is 0 Å². The average molecular weight is 496 g/mol. The second kappa shape index (κ2) is 8.32. The Bertz CT molecular complexity index is 721. The molecular weight excluding hydrogens is 471 g/mol. The second-order valence-corrected chi connectivity index (χ2v) is 12.8. The van der Waals surface area contributed by atoms with Crippen molar-refractivity contribution < 1.29 is 18.7 Å². The van der Waals surface area contributed by atoms with Gasteiger partial charge in [-0.3, -0.25) is 0 Å².